The van der Waals surface area contributed by atoms with Gasteiger partial charge in [0.05, 0.1) is 24.3 Å². The highest BCUT2D eigenvalue weighted by Crippen LogP contribution is 2.28. The van der Waals surface area contributed by atoms with Crippen LogP contribution < -0.4 is 10.2 Å². The van der Waals surface area contributed by atoms with Crippen molar-refractivity contribution < 1.29 is 23.9 Å². The third-order valence-electron chi connectivity index (χ3n) is 5.62. The van der Waals surface area contributed by atoms with Crippen molar-refractivity contribution in [2.45, 2.75) is 46.6 Å². The molecule has 1 saturated heterocycles. The van der Waals surface area contributed by atoms with Gasteiger partial charge in [-0.2, -0.15) is 0 Å². The van der Waals surface area contributed by atoms with Crippen LogP contribution in [0.15, 0.2) is 48.5 Å². The van der Waals surface area contributed by atoms with Crippen LogP contribution in [0.2, 0.25) is 0 Å². The molecule has 1 unspecified atom stereocenters. The summed E-state index contributed by atoms with van der Waals surface area (Å²) in [4.78, 5) is 53.7. The van der Waals surface area contributed by atoms with E-state index < -0.39 is 29.9 Å². The predicted octanol–water partition coefficient (Wildman–Crippen LogP) is 4.38. The minimum atomic E-state index is -0.883. The quantitative estimate of drug-likeness (QED) is 0.438. The number of carbonyl (C=O) groups is 4. The monoisotopic (exact) mass is 465 g/mol. The molecule has 0 aliphatic carbocycles. The average Bonchev–Trinajstić information content (AvgIpc) is 3.02. The molecule has 1 aliphatic heterocycles. The van der Waals surface area contributed by atoms with Crippen LogP contribution in [0, 0.1) is 12.8 Å². The first-order chi connectivity index (χ1) is 16.2. The molecule has 4 amide bonds. The van der Waals surface area contributed by atoms with Crippen molar-refractivity contribution >= 4 is 35.2 Å². The van der Waals surface area contributed by atoms with Gasteiger partial charge in [-0.15, -0.1) is 0 Å². The molecular weight excluding hydrogens is 434 g/mol. The van der Waals surface area contributed by atoms with Crippen LogP contribution in [-0.2, 0) is 14.3 Å². The van der Waals surface area contributed by atoms with Gasteiger partial charge in [0, 0.05) is 12.2 Å². The maximum absolute atomic E-state index is 13.3. The third-order valence-corrected chi connectivity index (χ3v) is 5.62. The fourth-order valence-electron chi connectivity index (χ4n) is 3.71. The summed E-state index contributed by atoms with van der Waals surface area (Å²) in [5.41, 5.74) is 2.38. The van der Waals surface area contributed by atoms with Crippen molar-refractivity contribution in [1.82, 2.24) is 4.90 Å². The van der Waals surface area contributed by atoms with Gasteiger partial charge in [-0.3, -0.25) is 9.59 Å². The van der Waals surface area contributed by atoms with Gasteiger partial charge < -0.3 is 15.0 Å². The fraction of sp³-hybridized carbons (Fsp3) is 0.385. The highest BCUT2D eigenvalue weighted by atomic mass is 16.5. The number of hydrogen-bond donors (Lipinski definition) is 1. The lowest BCUT2D eigenvalue weighted by molar-refractivity contribution is -0.124. The van der Waals surface area contributed by atoms with Gasteiger partial charge in [0.25, 0.3) is 5.91 Å². The van der Waals surface area contributed by atoms with Crippen molar-refractivity contribution in [2.24, 2.45) is 5.92 Å². The molecule has 1 N–H and O–H groups in total. The summed E-state index contributed by atoms with van der Waals surface area (Å²) in [5.74, 6) is -0.906. The molecule has 0 saturated carbocycles. The molecule has 3 rings (SSSR count). The van der Waals surface area contributed by atoms with E-state index in [2.05, 4.69) is 5.32 Å². The molecule has 8 heteroatoms. The second-order valence-corrected chi connectivity index (χ2v) is 8.73. The second kappa shape index (κ2) is 11.0. The van der Waals surface area contributed by atoms with Gasteiger partial charge in [0.1, 0.15) is 6.04 Å². The van der Waals surface area contributed by atoms with Crippen LogP contribution in [0.25, 0.3) is 0 Å². The van der Waals surface area contributed by atoms with E-state index in [4.69, 9.17) is 4.74 Å². The molecule has 2 aromatic carbocycles. The van der Waals surface area contributed by atoms with Crippen LogP contribution in [0.3, 0.4) is 0 Å². The molecule has 1 heterocycles. The number of nitrogens with one attached hydrogen (secondary N) is 1. The largest absolute Gasteiger partial charge is 0.462 e. The van der Waals surface area contributed by atoms with Gasteiger partial charge in [0.15, 0.2) is 0 Å². The summed E-state index contributed by atoms with van der Waals surface area (Å²) in [6, 6.07) is 12.2. The highest BCUT2D eigenvalue weighted by Gasteiger charge is 2.46. The van der Waals surface area contributed by atoms with E-state index in [1.165, 1.54) is 4.90 Å². The van der Waals surface area contributed by atoms with Gasteiger partial charge in [0.2, 0.25) is 5.91 Å². The molecule has 8 nitrogen and oxygen atoms in total. The number of imide groups is 1. The number of anilines is 2. The fourth-order valence-corrected chi connectivity index (χ4v) is 3.71. The molecule has 34 heavy (non-hydrogen) atoms. The summed E-state index contributed by atoms with van der Waals surface area (Å²) in [6.07, 6.45) is 0.554. The zero-order chi connectivity index (χ0) is 24.8. The zero-order valence-corrected chi connectivity index (χ0v) is 20.0. The lowest BCUT2D eigenvalue weighted by Gasteiger charge is -2.22. The molecular formula is C26H31N3O5. The molecule has 180 valence electrons. The lowest BCUT2D eigenvalue weighted by Crippen LogP contribution is -2.39. The van der Waals surface area contributed by atoms with Gasteiger partial charge in [-0.1, -0.05) is 31.5 Å². The van der Waals surface area contributed by atoms with Crippen molar-refractivity contribution in [2.75, 3.05) is 23.4 Å². The Morgan fingerprint density at radius 3 is 2.26 bits per heavy atom. The van der Waals surface area contributed by atoms with Gasteiger partial charge >= 0.3 is 12.0 Å². The normalized spacial score (nSPS) is 15.7. The number of aryl methyl sites for hydroxylation is 1. The summed E-state index contributed by atoms with van der Waals surface area (Å²) in [7, 11) is 0. The topological polar surface area (TPSA) is 96.0 Å². The molecule has 1 atom stereocenters. The van der Waals surface area contributed by atoms with E-state index in [0.29, 0.717) is 35.8 Å². The second-order valence-electron chi connectivity index (χ2n) is 8.73. The summed E-state index contributed by atoms with van der Waals surface area (Å²) >= 11 is 0. The molecule has 1 fully saturated rings. The number of carbonyl (C=O) groups excluding carboxylic acids is 4. The Kier molecular flexibility index (Phi) is 8.04. The molecule has 0 spiro atoms. The Morgan fingerprint density at radius 1 is 1.03 bits per heavy atom. The Balaban J connectivity index is 1.74. The Hall–Kier alpha value is -3.68. The van der Waals surface area contributed by atoms with Crippen molar-refractivity contribution in [3.05, 3.63) is 59.7 Å². The number of esters is 1. The molecule has 1 aliphatic rings. The number of urea groups is 1. The van der Waals surface area contributed by atoms with Crippen LogP contribution in [0.4, 0.5) is 16.2 Å². The molecule has 2 aromatic rings. The van der Waals surface area contributed by atoms with Gasteiger partial charge in [-0.25, -0.2) is 14.5 Å². The summed E-state index contributed by atoms with van der Waals surface area (Å²) in [5, 5.41) is 2.75. The molecule has 0 bridgehead atoms. The van der Waals surface area contributed by atoms with E-state index in [1.54, 1.807) is 43.3 Å². The zero-order valence-electron chi connectivity index (χ0n) is 20.0. The highest BCUT2D eigenvalue weighted by molar-refractivity contribution is 6.22. The minimum Gasteiger partial charge on any atom is -0.462 e. The summed E-state index contributed by atoms with van der Waals surface area (Å²) in [6.45, 7) is 8.41. The van der Waals surface area contributed by atoms with Gasteiger partial charge in [-0.05, 0) is 62.6 Å². The molecule has 0 radical (unpaired) electrons. The summed E-state index contributed by atoms with van der Waals surface area (Å²) < 4.78 is 4.96. The van der Waals surface area contributed by atoms with E-state index >= 15 is 0 Å². The van der Waals surface area contributed by atoms with E-state index in [0.717, 1.165) is 10.5 Å². The first-order valence-electron chi connectivity index (χ1n) is 11.5. The van der Waals surface area contributed by atoms with Crippen molar-refractivity contribution in [3.8, 4) is 0 Å². The average molecular weight is 466 g/mol. The van der Waals surface area contributed by atoms with E-state index in [-0.39, 0.29) is 13.0 Å². The number of nitrogens with zero attached hydrogens (tertiary/aromatic N) is 2. The van der Waals surface area contributed by atoms with Crippen LogP contribution >= 0.6 is 0 Å². The van der Waals surface area contributed by atoms with E-state index in [9.17, 15) is 19.2 Å². The number of hydrogen-bond acceptors (Lipinski definition) is 5. The van der Waals surface area contributed by atoms with E-state index in [1.807, 2.05) is 32.9 Å². The third kappa shape index (κ3) is 5.81. The molecule has 0 aromatic heterocycles. The minimum absolute atomic E-state index is 0.162. The van der Waals surface area contributed by atoms with Crippen LogP contribution in [-0.4, -0.2) is 47.9 Å². The maximum atomic E-state index is 13.3. The van der Waals surface area contributed by atoms with Crippen LogP contribution in [0.1, 0.15) is 49.5 Å². The number of ether oxygens (including phenoxy) is 1. The predicted molar refractivity (Wildman–Crippen MR) is 130 cm³/mol. The maximum Gasteiger partial charge on any atom is 0.338 e. The lowest BCUT2D eigenvalue weighted by atomic mass is 10.1. The first-order valence-corrected chi connectivity index (χ1v) is 11.5. The smallest absolute Gasteiger partial charge is 0.338 e. The number of amides is 4. The van der Waals surface area contributed by atoms with Crippen LogP contribution in [0.5, 0.6) is 0 Å². The van der Waals surface area contributed by atoms with Crippen molar-refractivity contribution in [3.63, 3.8) is 0 Å². The van der Waals surface area contributed by atoms with Crippen molar-refractivity contribution in [1.29, 1.82) is 0 Å². The standard InChI is InChI=1S/C26H31N3O5/c1-5-34-25(32)19-8-10-20(11-9-19)27-23(30)16-22-24(31)29(21-12-6-18(4)7-13-21)26(33)28(22)15-14-17(2)3/h6-13,17,22H,5,14-16H2,1-4H3,(H,27,30). The Bertz CT molecular complexity index is 1050. The SMILES string of the molecule is CCOC(=O)c1ccc(NC(=O)CC2C(=O)N(c3ccc(C)cc3)C(=O)N2CCC(C)C)cc1. The Labute approximate surface area is 199 Å². The first kappa shape index (κ1) is 25.0. The number of benzene rings is 2. The Morgan fingerprint density at radius 2 is 1.68 bits per heavy atom. The number of rotatable bonds is 9.